The van der Waals surface area contributed by atoms with Gasteiger partial charge in [-0.3, -0.25) is 4.79 Å². The van der Waals surface area contributed by atoms with Crippen LogP contribution in [0.15, 0.2) is 24.3 Å². The van der Waals surface area contributed by atoms with Crippen molar-refractivity contribution >= 4 is 11.6 Å². The molecule has 1 aromatic rings. The van der Waals surface area contributed by atoms with Crippen LogP contribution in [-0.2, 0) is 9.53 Å². The number of anilines is 1. The van der Waals surface area contributed by atoms with Gasteiger partial charge in [0, 0.05) is 31.3 Å². The first kappa shape index (κ1) is 12.5. The van der Waals surface area contributed by atoms with E-state index in [1.807, 2.05) is 24.3 Å². The van der Waals surface area contributed by atoms with Crippen LogP contribution in [0, 0.1) is 5.92 Å². The highest BCUT2D eigenvalue weighted by Gasteiger charge is 2.26. The summed E-state index contributed by atoms with van der Waals surface area (Å²) < 4.78 is 5.33. The number of carbonyl (C=O) groups excluding carboxylic acids is 1. The number of benzene rings is 1. The van der Waals surface area contributed by atoms with Crippen molar-refractivity contribution < 1.29 is 9.53 Å². The molecule has 0 saturated carbocycles. The van der Waals surface area contributed by atoms with Crippen LogP contribution < -0.4 is 10.6 Å². The number of nitrogens with one attached hydrogen (secondary N) is 2. The topological polar surface area (TPSA) is 50.4 Å². The van der Waals surface area contributed by atoms with Gasteiger partial charge in [0.05, 0.1) is 12.5 Å². The van der Waals surface area contributed by atoms with Crippen LogP contribution in [-0.4, -0.2) is 32.2 Å². The molecule has 0 radical (unpaired) electrons. The summed E-state index contributed by atoms with van der Waals surface area (Å²) in [4.78, 5) is 12.3. The molecule has 2 atom stereocenters. The van der Waals surface area contributed by atoms with Crippen LogP contribution in [0.25, 0.3) is 0 Å². The summed E-state index contributed by atoms with van der Waals surface area (Å²) in [5.41, 5.74) is 2.21. The van der Waals surface area contributed by atoms with Gasteiger partial charge < -0.3 is 15.4 Å². The predicted octanol–water partition coefficient (Wildman–Crippen LogP) is 1.74. The van der Waals surface area contributed by atoms with E-state index < -0.39 is 0 Å². The predicted molar refractivity (Wildman–Crippen MR) is 74.2 cm³/mol. The molecule has 19 heavy (non-hydrogen) atoms. The summed E-state index contributed by atoms with van der Waals surface area (Å²) in [6, 6.07) is 8.09. The molecule has 2 unspecified atom stereocenters. The summed E-state index contributed by atoms with van der Waals surface area (Å²) >= 11 is 0. The van der Waals surface area contributed by atoms with Crippen LogP contribution in [0.3, 0.4) is 0 Å². The standard InChI is InChI=1S/C15H20N2O2/c18-15(17-9-11-6-8-19-10-11)13-5-7-16-14-4-2-1-3-12(13)14/h1-4,11,13,16H,5-10H2,(H,17,18). The molecule has 0 spiro atoms. The second kappa shape index (κ2) is 5.61. The Hall–Kier alpha value is -1.55. The smallest absolute Gasteiger partial charge is 0.227 e. The Kier molecular flexibility index (Phi) is 3.69. The van der Waals surface area contributed by atoms with Gasteiger partial charge in [0.25, 0.3) is 0 Å². The lowest BCUT2D eigenvalue weighted by Crippen LogP contribution is -2.36. The van der Waals surface area contributed by atoms with E-state index in [-0.39, 0.29) is 11.8 Å². The monoisotopic (exact) mass is 260 g/mol. The first-order valence-corrected chi connectivity index (χ1v) is 7.03. The molecule has 4 nitrogen and oxygen atoms in total. The molecule has 0 bridgehead atoms. The van der Waals surface area contributed by atoms with Crippen molar-refractivity contribution in [2.24, 2.45) is 5.92 Å². The number of ether oxygens (including phenoxy) is 1. The van der Waals surface area contributed by atoms with E-state index in [0.29, 0.717) is 5.92 Å². The molecule has 2 aliphatic heterocycles. The molecule has 2 aliphatic rings. The molecule has 0 aromatic heterocycles. The summed E-state index contributed by atoms with van der Waals surface area (Å²) in [7, 11) is 0. The van der Waals surface area contributed by atoms with Crippen LogP contribution >= 0.6 is 0 Å². The summed E-state index contributed by atoms with van der Waals surface area (Å²) in [5.74, 6) is 0.626. The van der Waals surface area contributed by atoms with Crippen LogP contribution in [0.2, 0.25) is 0 Å². The number of hydrogen-bond donors (Lipinski definition) is 2. The lowest BCUT2D eigenvalue weighted by molar-refractivity contribution is -0.122. The lowest BCUT2D eigenvalue weighted by Gasteiger charge is -2.26. The van der Waals surface area contributed by atoms with Crippen molar-refractivity contribution in [3.63, 3.8) is 0 Å². The van der Waals surface area contributed by atoms with Crippen molar-refractivity contribution in [3.05, 3.63) is 29.8 Å². The van der Waals surface area contributed by atoms with Crippen molar-refractivity contribution in [2.45, 2.75) is 18.8 Å². The van der Waals surface area contributed by atoms with Gasteiger partial charge in [-0.05, 0) is 24.5 Å². The average molecular weight is 260 g/mol. The molecule has 1 saturated heterocycles. The number of carbonyl (C=O) groups is 1. The molecule has 102 valence electrons. The van der Waals surface area contributed by atoms with Gasteiger partial charge in [-0.15, -0.1) is 0 Å². The molecule has 3 rings (SSSR count). The third-order valence-corrected chi connectivity index (χ3v) is 3.99. The Morgan fingerprint density at radius 3 is 3.11 bits per heavy atom. The quantitative estimate of drug-likeness (QED) is 0.870. The van der Waals surface area contributed by atoms with Crippen LogP contribution in [0.1, 0.15) is 24.3 Å². The van der Waals surface area contributed by atoms with E-state index in [9.17, 15) is 4.79 Å². The number of fused-ring (bicyclic) bond motifs is 1. The van der Waals surface area contributed by atoms with Crippen LogP contribution in [0.4, 0.5) is 5.69 Å². The zero-order valence-corrected chi connectivity index (χ0v) is 11.0. The Morgan fingerprint density at radius 2 is 2.26 bits per heavy atom. The highest BCUT2D eigenvalue weighted by molar-refractivity contribution is 5.86. The van der Waals surface area contributed by atoms with E-state index in [4.69, 9.17) is 4.74 Å². The van der Waals surface area contributed by atoms with Gasteiger partial charge in [-0.1, -0.05) is 18.2 Å². The van der Waals surface area contributed by atoms with Gasteiger partial charge in [-0.2, -0.15) is 0 Å². The normalized spacial score (nSPS) is 25.5. The number of hydrogen-bond acceptors (Lipinski definition) is 3. The van der Waals surface area contributed by atoms with E-state index in [1.165, 1.54) is 0 Å². The highest BCUT2D eigenvalue weighted by Crippen LogP contribution is 2.31. The van der Waals surface area contributed by atoms with E-state index >= 15 is 0 Å². The van der Waals surface area contributed by atoms with E-state index in [2.05, 4.69) is 10.6 Å². The van der Waals surface area contributed by atoms with Crippen molar-refractivity contribution in [1.29, 1.82) is 0 Å². The third kappa shape index (κ3) is 2.73. The maximum Gasteiger partial charge on any atom is 0.227 e. The maximum absolute atomic E-state index is 12.3. The number of para-hydroxylation sites is 1. The first-order valence-electron chi connectivity index (χ1n) is 7.03. The SMILES string of the molecule is O=C(NCC1CCOC1)C1CCNc2ccccc21. The van der Waals surface area contributed by atoms with Crippen molar-refractivity contribution in [1.82, 2.24) is 5.32 Å². The minimum absolute atomic E-state index is 0.0141. The Morgan fingerprint density at radius 1 is 1.37 bits per heavy atom. The van der Waals surface area contributed by atoms with Gasteiger partial charge >= 0.3 is 0 Å². The number of amides is 1. The fourth-order valence-corrected chi connectivity index (χ4v) is 2.85. The largest absolute Gasteiger partial charge is 0.385 e. The fourth-order valence-electron chi connectivity index (χ4n) is 2.85. The van der Waals surface area contributed by atoms with Gasteiger partial charge in [0.1, 0.15) is 0 Å². The van der Waals surface area contributed by atoms with E-state index in [0.717, 1.165) is 50.4 Å². The molecule has 1 fully saturated rings. The average Bonchev–Trinajstić information content (AvgIpc) is 2.97. The Labute approximate surface area is 113 Å². The summed E-state index contributed by atoms with van der Waals surface area (Å²) in [6.45, 7) is 3.21. The molecule has 2 heterocycles. The Balaban J connectivity index is 1.64. The van der Waals surface area contributed by atoms with Gasteiger partial charge in [0.15, 0.2) is 0 Å². The molecule has 1 amide bonds. The van der Waals surface area contributed by atoms with Crippen molar-refractivity contribution in [3.8, 4) is 0 Å². The first-order chi connectivity index (χ1) is 9.34. The number of rotatable bonds is 3. The highest BCUT2D eigenvalue weighted by atomic mass is 16.5. The second-order valence-electron chi connectivity index (χ2n) is 5.33. The zero-order valence-electron chi connectivity index (χ0n) is 11.0. The lowest BCUT2D eigenvalue weighted by atomic mass is 9.90. The third-order valence-electron chi connectivity index (χ3n) is 3.99. The minimum atomic E-state index is -0.0141. The maximum atomic E-state index is 12.3. The molecular weight excluding hydrogens is 240 g/mol. The second-order valence-corrected chi connectivity index (χ2v) is 5.33. The molecule has 1 aromatic carbocycles. The fraction of sp³-hybridized carbons (Fsp3) is 0.533. The zero-order chi connectivity index (χ0) is 13.1. The van der Waals surface area contributed by atoms with Gasteiger partial charge in [-0.25, -0.2) is 0 Å². The van der Waals surface area contributed by atoms with Crippen molar-refractivity contribution in [2.75, 3.05) is 31.6 Å². The summed E-state index contributed by atoms with van der Waals surface area (Å²) in [6.07, 6.45) is 1.92. The summed E-state index contributed by atoms with van der Waals surface area (Å²) in [5, 5.41) is 6.43. The van der Waals surface area contributed by atoms with E-state index in [1.54, 1.807) is 0 Å². The Bertz CT molecular complexity index is 455. The molecule has 0 aliphatic carbocycles. The van der Waals surface area contributed by atoms with Gasteiger partial charge in [0.2, 0.25) is 5.91 Å². The molecular formula is C15H20N2O2. The molecule has 4 heteroatoms. The van der Waals surface area contributed by atoms with Crippen LogP contribution in [0.5, 0.6) is 0 Å². The minimum Gasteiger partial charge on any atom is -0.385 e. The molecule has 2 N–H and O–H groups in total.